The summed E-state index contributed by atoms with van der Waals surface area (Å²) in [4.78, 5) is 4.55. The van der Waals surface area contributed by atoms with Gasteiger partial charge in [-0.3, -0.25) is 0 Å². The molecule has 130 valence electrons. The molecular weight excluding hydrogens is 341 g/mol. The lowest BCUT2D eigenvalue weighted by Gasteiger charge is -2.11. The van der Waals surface area contributed by atoms with Crippen LogP contribution in [0.25, 0.3) is 16.9 Å². The van der Waals surface area contributed by atoms with Crippen molar-refractivity contribution in [2.45, 2.75) is 6.54 Å². The largest absolute Gasteiger partial charge is 0.366 e. The standard InChI is InChI=1S/C19H13F3N4/c20-14-8-12(9-15(21)19(14)22)11-23-18-10-16(13-4-2-1-3-5-13)25-17-6-7-24-26(17)18/h1-10,23H,11H2. The Balaban J connectivity index is 1.69. The van der Waals surface area contributed by atoms with E-state index in [1.807, 2.05) is 30.3 Å². The van der Waals surface area contributed by atoms with Crippen LogP contribution in [0.3, 0.4) is 0 Å². The van der Waals surface area contributed by atoms with Gasteiger partial charge in [0.05, 0.1) is 11.9 Å². The van der Waals surface area contributed by atoms with Crippen LogP contribution in [0.15, 0.2) is 60.8 Å². The Morgan fingerprint density at radius 1 is 0.923 bits per heavy atom. The van der Waals surface area contributed by atoms with Gasteiger partial charge in [-0.1, -0.05) is 30.3 Å². The van der Waals surface area contributed by atoms with Gasteiger partial charge in [-0.15, -0.1) is 0 Å². The molecule has 0 fully saturated rings. The van der Waals surface area contributed by atoms with E-state index in [0.29, 0.717) is 11.5 Å². The van der Waals surface area contributed by atoms with Gasteiger partial charge in [-0.05, 0) is 17.7 Å². The molecule has 0 amide bonds. The fraction of sp³-hybridized carbons (Fsp3) is 0.0526. The lowest BCUT2D eigenvalue weighted by atomic mass is 10.1. The highest BCUT2D eigenvalue weighted by atomic mass is 19.2. The summed E-state index contributed by atoms with van der Waals surface area (Å²) in [7, 11) is 0. The Labute approximate surface area is 146 Å². The first-order chi connectivity index (χ1) is 12.6. The Bertz CT molecular complexity index is 1050. The summed E-state index contributed by atoms with van der Waals surface area (Å²) in [5.41, 5.74) is 2.57. The summed E-state index contributed by atoms with van der Waals surface area (Å²) in [6, 6.07) is 15.1. The average Bonchev–Trinajstić information content (AvgIpc) is 3.13. The molecule has 26 heavy (non-hydrogen) atoms. The first kappa shape index (κ1) is 16.1. The maximum Gasteiger partial charge on any atom is 0.194 e. The van der Waals surface area contributed by atoms with Crippen molar-refractivity contribution in [3.05, 3.63) is 83.8 Å². The molecule has 0 spiro atoms. The van der Waals surface area contributed by atoms with Gasteiger partial charge in [0.15, 0.2) is 23.1 Å². The molecule has 2 aromatic heterocycles. The molecule has 4 nitrogen and oxygen atoms in total. The highest BCUT2D eigenvalue weighted by Gasteiger charge is 2.12. The Hall–Kier alpha value is -3.35. The lowest BCUT2D eigenvalue weighted by molar-refractivity contribution is 0.445. The Kier molecular flexibility index (Phi) is 4.04. The zero-order valence-electron chi connectivity index (χ0n) is 13.5. The van der Waals surface area contributed by atoms with E-state index in [0.717, 1.165) is 23.4 Å². The minimum Gasteiger partial charge on any atom is -0.366 e. The molecule has 0 unspecified atom stereocenters. The number of nitrogens with zero attached hydrogens (tertiary/aromatic N) is 3. The number of hydrogen-bond donors (Lipinski definition) is 1. The highest BCUT2D eigenvalue weighted by Crippen LogP contribution is 2.22. The number of aromatic nitrogens is 3. The monoisotopic (exact) mass is 354 g/mol. The molecule has 2 aromatic carbocycles. The number of benzene rings is 2. The summed E-state index contributed by atoms with van der Waals surface area (Å²) in [5.74, 6) is -3.31. The molecular formula is C19H13F3N4. The minimum atomic E-state index is -1.47. The number of nitrogens with one attached hydrogen (secondary N) is 1. The number of halogens is 3. The molecule has 0 aliphatic carbocycles. The highest BCUT2D eigenvalue weighted by molar-refractivity contribution is 5.66. The fourth-order valence-corrected chi connectivity index (χ4v) is 2.70. The Morgan fingerprint density at radius 2 is 1.65 bits per heavy atom. The molecule has 2 heterocycles. The van der Waals surface area contributed by atoms with E-state index < -0.39 is 17.5 Å². The van der Waals surface area contributed by atoms with E-state index in [1.165, 1.54) is 0 Å². The molecule has 0 radical (unpaired) electrons. The van der Waals surface area contributed by atoms with Crippen molar-refractivity contribution >= 4 is 11.5 Å². The maximum absolute atomic E-state index is 13.4. The number of rotatable bonds is 4. The van der Waals surface area contributed by atoms with Crippen LogP contribution in [0.4, 0.5) is 19.0 Å². The van der Waals surface area contributed by atoms with Crippen LogP contribution >= 0.6 is 0 Å². The van der Waals surface area contributed by atoms with E-state index in [-0.39, 0.29) is 12.1 Å². The van der Waals surface area contributed by atoms with Crippen LogP contribution in [0.5, 0.6) is 0 Å². The quantitative estimate of drug-likeness (QED) is 0.552. The van der Waals surface area contributed by atoms with E-state index in [2.05, 4.69) is 15.4 Å². The van der Waals surface area contributed by atoms with Crippen LogP contribution in [-0.4, -0.2) is 14.6 Å². The molecule has 4 rings (SSSR count). The number of hydrogen-bond acceptors (Lipinski definition) is 3. The SMILES string of the molecule is Fc1cc(CNc2cc(-c3ccccc3)nc3ccnn23)cc(F)c1F. The topological polar surface area (TPSA) is 42.2 Å². The van der Waals surface area contributed by atoms with Gasteiger partial charge >= 0.3 is 0 Å². The molecule has 0 aliphatic rings. The van der Waals surface area contributed by atoms with E-state index >= 15 is 0 Å². The zero-order chi connectivity index (χ0) is 18.1. The molecule has 4 aromatic rings. The van der Waals surface area contributed by atoms with E-state index in [1.54, 1.807) is 22.8 Å². The number of anilines is 1. The van der Waals surface area contributed by atoms with Crippen LogP contribution < -0.4 is 5.32 Å². The summed E-state index contributed by atoms with van der Waals surface area (Å²) in [6.45, 7) is 0.0985. The average molecular weight is 354 g/mol. The second-order valence-electron chi connectivity index (χ2n) is 5.72. The molecule has 0 saturated heterocycles. The molecule has 0 aliphatic heterocycles. The van der Waals surface area contributed by atoms with Gasteiger partial charge in [0.25, 0.3) is 0 Å². The van der Waals surface area contributed by atoms with Crippen molar-refractivity contribution in [3.63, 3.8) is 0 Å². The van der Waals surface area contributed by atoms with Crippen molar-refractivity contribution in [1.82, 2.24) is 14.6 Å². The van der Waals surface area contributed by atoms with Crippen LogP contribution in [0.1, 0.15) is 5.56 Å². The fourth-order valence-electron chi connectivity index (χ4n) is 2.70. The van der Waals surface area contributed by atoms with Crippen molar-refractivity contribution < 1.29 is 13.2 Å². The maximum atomic E-state index is 13.4. The van der Waals surface area contributed by atoms with Gasteiger partial charge in [-0.25, -0.2) is 18.2 Å². The van der Waals surface area contributed by atoms with Crippen molar-refractivity contribution in [2.75, 3.05) is 5.32 Å². The first-order valence-corrected chi connectivity index (χ1v) is 7.89. The van der Waals surface area contributed by atoms with Crippen LogP contribution in [0.2, 0.25) is 0 Å². The Morgan fingerprint density at radius 3 is 2.38 bits per heavy atom. The smallest absolute Gasteiger partial charge is 0.194 e. The molecule has 0 saturated carbocycles. The second kappa shape index (κ2) is 6.51. The molecule has 0 bridgehead atoms. The third-order valence-electron chi connectivity index (χ3n) is 3.95. The minimum absolute atomic E-state index is 0.0985. The number of fused-ring (bicyclic) bond motifs is 1. The zero-order valence-corrected chi connectivity index (χ0v) is 13.5. The summed E-state index contributed by atoms with van der Waals surface area (Å²) in [5, 5.41) is 7.28. The van der Waals surface area contributed by atoms with Gasteiger partial charge < -0.3 is 5.32 Å². The molecule has 7 heteroatoms. The van der Waals surface area contributed by atoms with Crippen molar-refractivity contribution in [1.29, 1.82) is 0 Å². The summed E-state index contributed by atoms with van der Waals surface area (Å²) >= 11 is 0. The summed E-state index contributed by atoms with van der Waals surface area (Å²) < 4.78 is 41.4. The van der Waals surface area contributed by atoms with Crippen molar-refractivity contribution in [2.24, 2.45) is 0 Å². The second-order valence-corrected chi connectivity index (χ2v) is 5.72. The van der Waals surface area contributed by atoms with Gasteiger partial charge in [-0.2, -0.15) is 9.61 Å². The third-order valence-corrected chi connectivity index (χ3v) is 3.95. The third kappa shape index (κ3) is 2.99. The van der Waals surface area contributed by atoms with Gasteiger partial charge in [0, 0.05) is 24.2 Å². The summed E-state index contributed by atoms with van der Waals surface area (Å²) in [6.07, 6.45) is 1.61. The van der Waals surface area contributed by atoms with Crippen LogP contribution in [0, 0.1) is 17.5 Å². The van der Waals surface area contributed by atoms with E-state index in [4.69, 9.17) is 0 Å². The van der Waals surface area contributed by atoms with Gasteiger partial charge in [0.2, 0.25) is 0 Å². The van der Waals surface area contributed by atoms with E-state index in [9.17, 15) is 13.2 Å². The first-order valence-electron chi connectivity index (χ1n) is 7.89. The molecule has 1 N–H and O–H groups in total. The lowest BCUT2D eigenvalue weighted by Crippen LogP contribution is -2.07. The normalized spacial score (nSPS) is 11.0. The predicted molar refractivity (Wildman–Crippen MR) is 92.1 cm³/mol. The van der Waals surface area contributed by atoms with Crippen LogP contribution in [-0.2, 0) is 6.54 Å². The van der Waals surface area contributed by atoms with Crippen molar-refractivity contribution in [3.8, 4) is 11.3 Å². The van der Waals surface area contributed by atoms with Gasteiger partial charge in [0.1, 0.15) is 5.82 Å². The molecule has 0 atom stereocenters. The predicted octanol–water partition coefficient (Wildman–Crippen LogP) is 4.43.